The van der Waals surface area contributed by atoms with E-state index < -0.39 is 11.8 Å². The van der Waals surface area contributed by atoms with Gasteiger partial charge in [-0.1, -0.05) is 13.0 Å². The molecule has 0 bridgehead atoms. The van der Waals surface area contributed by atoms with Gasteiger partial charge >= 0.3 is 6.01 Å². The molecule has 242 valence electrons. The monoisotopic (exact) mass is 629 g/mol. The van der Waals surface area contributed by atoms with Gasteiger partial charge in [-0.15, -0.1) is 0 Å². The van der Waals surface area contributed by atoms with E-state index in [4.69, 9.17) is 34.3 Å². The van der Waals surface area contributed by atoms with Gasteiger partial charge < -0.3 is 29.3 Å². The summed E-state index contributed by atoms with van der Waals surface area (Å²) in [5, 5.41) is 10.2. The number of fused-ring (bicyclic) bond motifs is 4. The van der Waals surface area contributed by atoms with Crippen LogP contribution in [0, 0.1) is 11.3 Å². The van der Waals surface area contributed by atoms with Crippen LogP contribution in [0.4, 0.5) is 15.9 Å². The molecule has 3 aromatic rings. The Morgan fingerprint density at radius 3 is 2.98 bits per heavy atom. The summed E-state index contributed by atoms with van der Waals surface area (Å²) in [6.45, 7) is 6.36. The molecule has 5 unspecified atom stereocenters. The lowest BCUT2D eigenvalue weighted by molar-refractivity contribution is -0.0873. The Bertz CT molecular complexity index is 1660. The molecule has 5 aliphatic rings. The molecule has 11 nitrogen and oxygen atoms in total. The van der Waals surface area contributed by atoms with Crippen LogP contribution in [-0.4, -0.2) is 77.6 Å². The van der Waals surface area contributed by atoms with Crippen molar-refractivity contribution in [2.45, 2.75) is 81.2 Å². The molecule has 8 rings (SSSR count). The average molecular weight is 630 g/mol. The number of rotatable bonds is 5. The Hall–Kier alpha value is -3.79. The number of nitrogens with zero attached hydrogens (tertiary/aromatic N) is 6. The summed E-state index contributed by atoms with van der Waals surface area (Å²) in [4.78, 5) is 18.9. The van der Waals surface area contributed by atoms with Crippen molar-refractivity contribution in [3.05, 3.63) is 58.4 Å². The minimum absolute atomic E-state index is 0.0814. The highest BCUT2D eigenvalue weighted by Gasteiger charge is 2.50. The summed E-state index contributed by atoms with van der Waals surface area (Å²) in [6.07, 6.45) is 6.91. The van der Waals surface area contributed by atoms with Crippen LogP contribution in [0.5, 0.6) is 6.01 Å². The van der Waals surface area contributed by atoms with E-state index in [9.17, 15) is 9.65 Å². The van der Waals surface area contributed by atoms with E-state index in [1.807, 2.05) is 12.1 Å². The number of ether oxygens (including phenoxy) is 3. The lowest BCUT2D eigenvalue weighted by Gasteiger charge is -2.45. The summed E-state index contributed by atoms with van der Waals surface area (Å²) in [5.41, 5.74) is 9.97. The highest BCUT2D eigenvalue weighted by atomic mass is 19.1. The number of anilines is 2. The Kier molecular flexibility index (Phi) is 7.38. The predicted molar refractivity (Wildman–Crippen MR) is 166 cm³/mol. The first kappa shape index (κ1) is 29.6. The lowest BCUT2D eigenvalue weighted by atomic mass is 9.69. The number of halogens is 1. The van der Waals surface area contributed by atoms with E-state index in [0.717, 1.165) is 60.4 Å². The van der Waals surface area contributed by atoms with Crippen molar-refractivity contribution >= 4 is 11.5 Å². The Morgan fingerprint density at radius 2 is 2.13 bits per heavy atom. The Morgan fingerprint density at radius 1 is 1.22 bits per heavy atom. The van der Waals surface area contributed by atoms with Crippen LogP contribution >= 0.6 is 0 Å². The topological polar surface area (TPSA) is 136 Å². The fraction of sp³-hybridized carbons (Fsp3) is 0.588. The van der Waals surface area contributed by atoms with Crippen molar-refractivity contribution in [1.29, 1.82) is 5.26 Å². The molecule has 0 radical (unpaired) electrons. The number of alkyl halides is 1. The molecule has 1 spiro atoms. The number of nitriles is 1. The van der Waals surface area contributed by atoms with Gasteiger partial charge in [-0.05, 0) is 49.8 Å². The van der Waals surface area contributed by atoms with Crippen molar-refractivity contribution in [3.63, 3.8) is 0 Å². The quantitative estimate of drug-likeness (QED) is 0.403. The van der Waals surface area contributed by atoms with Crippen molar-refractivity contribution in [3.8, 4) is 12.1 Å². The number of nitrogens with two attached hydrogens (primary N) is 1. The second-order valence-corrected chi connectivity index (χ2v) is 13.7. The highest BCUT2D eigenvalue weighted by molar-refractivity contribution is 5.64. The summed E-state index contributed by atoms with van der Waals surface area (Å²) in [6, 6.07) is 6.54. The minimum Gasteiger partial charge on any atom is -0.461 e. The van der Waals surface area contributed by atoms with Gasteiger partial charge in [-0.3, -0.25) is 4.90 Å². The van der Waals surface area contributed by atoms with Gasteiger partial charge in [0.15, 0.2) is 0 Å². The number of oxazole rings is 1. The third-order valence-corrected chi connectivity index (χ3v) is 10.9. The maximum absolute atomic E-state index is 14.6. The van der Waals surface area contributed by atoms with Crippen LogP contribution in [0.25, 0.3) is 0 Å². The van der Waals surface area contributed by atoms with Crippen LogP contribution < -0.4 is 15.4 Å². The molecule has 0 saturated carbocycles. The first-order chi connectivity index (χ1) is 22.4. The maximum Gasteiger partial charge on any atom is 0.318 e. The maximum atomic E-state index is 14.6. The van der Waals surface area contributed by atoms with Gasteiger partial charge in [0.05, 0.1) is 48.7 Å². The molecule has 46 heavy (non-hydrogen) atoms. The molecule has 12 heteroatoms. The molecule has 3 fully saturated rings. The lowest BCUT2D eigenvalue weighted by Crippen LogP contribution is -2.44. The summed E-state index contributed by atoms with van der Waals surface area (Å²) >= 11 is 0. The molecule has 4 aliphatic heterocycles. The summed E-state index contributed by atoms with van der Waals surface area (Å²) in [7, 11) is 0. The molecular formula is C34H40FN7O4. The molecule has 3 saturated heterocycles. The van der Waals surface area contributed by atoms with Gasteiger partial charge in [-0.25, -0.2) is 9.37 Å². The molecule has 1 aromatic carbocycles. The summed E-state index contributed by atoms with van der Waals surface area (Å²) < 4.78 is 39.5. The van der Waals surface area contributed by atoms with Crippen molar-refractivity contribution in [1.82, 2.24) is 19.9 Å². The van der Waals surface area contributed by atoms with E-state index in [-0.39, 0.29) is 30.0 Å². The van der Waals surface area contributed by atoms with E-state index in [1.165, 1.54) is 0 Å². The average Bonchev–Trinajstić information content (AvgIpc) is 3.74. The van der Waals surface area contributed by atoms with E-state index >= 15 is 0 Å². The Labute approximate surface area is 267 Å². The first-order valence-corrected chi connectivity index (χ1v) is 16.5. The van der Waals surface area contributed by atoms with Crippen LogP contribution in [0.3, 0.4) is 0 Å². The third kappa shape index (κ3) is 4.91. The minimum atomic E-state index is -0.847. The van der Waals surface area contributed by atoms with E-state index in [2.05, 4.69) is 27.8 Å². The van der Waals surface area contributed by atoms with E-state index in [0.29, 0.717) is 69.4 Å². The zero-order valence-corrected chi connectivity index (χ0v) is 26.2. The van der Waals surface area contributed by atoms with Gasteiger partial charge in [0.2, 0.25) is 5.89 Å². The molecule has 1 aliphatic carbocycles. The van der Waals surface area contributed by atoms with Crippen molar-refractivity contribution in [2.75, 3.05) is 56.6 Å². The van der Waals surface area contributed by atoms with Gasteiger partial charge in [-0.2, -0.15) is 15.2 Å². The van der Waals surface area contributed by atoms with E-state index in [1.54, 1.807) is 12.5 Å². The number of benzene rings is 1. The summed E-state index contributed by atoms with van der Waals surface area (Å²) in [5.74, 6) is 1.56. The van der Waals surface area contributed by atoms with Crippen LogP contribution in [0.2, 0.25) is 0 Å². The van der Waals surface area contributed by atoms with Gasteiger partial charge in [0.25, 0.3) is 0 Å². The fourth-order valence-electron chi connectivity index (χ4n) is 8.59. The first-order valence-electron chi connectivity index (χ1n) is 16.5. The fourth-order valence-corrected chi connectivity index (χ4v) is 8.59. The van der Waals surface area contributed by atoms with Gasteiger partial charge in [0.1, 0.15) is 36.5 Å². The van der Waals surface area contributed by atoms with Crippen LogP contribution in [0.15, 0.2) is 29.0 Å². The number of hydrogen-bond donors (Lipinski definition) is 1. The number of aromatic nitrogens is 3. The molecule has 5 atom stereocenters. The SMILES string of the molecule is CC1CCC2(Cc3nc(OCC45CCCN4CC(F)C5)nc(N4CCOCC(c5ncco5)C4)c3CO2)c2c1ccc(N)c2C#N. The number of nitrogen functional groups attached to an aromatic ring is 1. The van der Waals surface area contributed by atoms with Gasteiger partial charge in [0, 0.05) is 49.3 Å². The van der Waals surface area contributed by atoms with Crippen LogP contribution in [-0.2, 0) is 28.1 Å². The standard InChI is InChI=1S/C34H40FN7O4/c1-21-5-7-34(29-24(21)3-4-27(37)25(29)15-36)14-28-26(19-46-34)30(41-10-12-43-18-22(16-41)31-38-8-11-44-31)40-32(39-28)45-20-33-6-2-9-42(33)17-23(35)13-33/h3-4,8,11,21-23H,2,5-7,9-10,12-14,16-20,37H2,1H3. The zero-order chi connectivity index (χ0) is 31.5. The largest absolute Gasteiger partial charge is 0.461 e. The van der Waals surface area contributed by atoms with Crippen LogP contribution in [0.1, 0.15) is 84.7 Å². The third-order valence-electron chi connectivity index (χ3n) is 10.9. The molecule has 6 heterocycles. The smallest absolute Gasteiger partial charge is 0.318 e. The number of hydrogen-bond acceptors (Lipinski definition) is 11. The molecule has 2 aromatic heterocycles. The predicted octanol–water partition coefficient (Wildman–Crippen LogP) is 4.36. The second-order valence-electron chi connectivity index (χ2n) is 13.7. The molecule has 2 N–H and O–H groups in total. The van der Waals surface area contributed by atoms with Crippen molar-refractivity contribution < 1.29 is 23.0 Å². The Balaban J connectivity index is 1.19. The normalized spacial score (nSPS) is 30.8. The zero-order valence-electron chi connectivity index (χ0n) is 26.2. The molecular weight excluding hydrogens is 589 g/mol. The second kappa shape index (κ2) is 11.5. The highest BCUT2D eigenvalue weighted by Crippen LogP contribution is 2.51. The van der Waals surface area contributed by atoms with Crippen molar-refractivity contribution in [2.24, 2.45) is 0 Å². The molecule has 0 amide bonds.